The van der Waals surface area contributed by atoms with Gasteiger partial charge in [-0.3, -0.25) is 0 Å². The molecule has 1 aromatic carbocycles. The molecule has 0 bridgehead atoms. The van der Waals surface area contributed by atoms with E-state index in [1.807, 2.05) is 12.1 Å². The predicted molar refractivity (Wildman–Crippen MR) is 76.7 cm³/mol. The Morgan fingerprint density at radius 2 is 2.28 bits per heavy atom. The number of aromatic hydroxyl groups is 1. The van der Waals surface area contributed by atoms with E-state index in [2.05, 4.69) is 34.1 Å². The first-order valence-corrected chi connectivity index (χ1v) is 6.63. The molecule has 4 heteroatoms. The number of hydrogen-bond donors (Lipinski definition) is 2. The van der Waals surface area contributed by atoms with Crippen LogP contribution in [0.1, 0.15) is 25.3 Å². The molecule has 98 valence electrons. The Morgan fingerprint density at radius 3 is 2.83 bits per heavy atom. The lowest BCUT2D eigenvalue weighted by atomic mass is 10.1. The average molecular weight is 312 g/mol. The monoisotopic (exact) mass is 311 g/mol. The van der Waals surface area contributed by atoms with Crippen molar-refractivity contribution in [2.75, 3.05) is 7.11 Å². The van der Waals surface area contributed by atoms with Crippen LogP contribution in [-0.2, 0) is 6.54 Å². The van der Waals surface area contributed by atoms with E-state index in [4.69, 9.17) is 11.2 Å². The fourth-order valence-electron chi connectivity index (χ4n) is 1.65. The normalized spacial score (nSPS) is 11.9. The van der Waals surface area contributed by atoms with Crippen molar-refractivity contribution in [3.63, 3.8) is 0 Å². The van der Waals surface area contributed by atoms with Crippen LogP contribution in [0.25, 0.3) is 0 Å². The summed E-state index contributed by atoms with van der Waals surface area (Å²) in [5.74, 6) is 3.25. The maximum atomic E-state index is 9.71. The maximum Gasteiger partial charge on any atom is 0.172 e. The standard InChI is InChI=1S/C14H18BrNO2/c1-4-6-11(5-2)16-9-10-7-12(15)14(17)13(8-10)18-3/h1,7-8,11,16-17H,5-6,9H2,2-3H3. The second-order valence-electron chi connectivity index (χ2n) is 4.02. The van der Waals surface area contributed by atoms with Crippen molar-refractivity contribution in [2.24, 2.45) is 0 Å². The Bertz CT molecular complexity index is 440. The molecule has 1 rings (SSSR count). The third-order valence-electron chi connectivity index (χ3n) is 2.76. The molecule has 0 aliphatic rings. The summed E-state index contributed by atoms with van der Waals surface area (Å²) in [5.41, 5.74) is 1.03. The van der Waals surface area contributed by atoms with Crippen molar-refractivity contribution in [3.05, 3.63) is 22.2 Å². The van der Waals surface area contributed by atoms with E-state index in [1.165, 1.54) is 7.11 Å². The second-order valence-corrected chi connectivity index (χ2v) is 4.88. The molecule has 18 heavy (non-hydrogen) atoms. The predicted octanol–water partition coefficient (Wildman–Crippen LogP) is 3.05. The number of benzene rings is 1. The summed E-state index contributed by atoms with van der Waals surface area (Å²) in [7, 11) is 1.53. The van der Waals surface area contributed by atoms with Gasteiger partial charge in [0.25, 0.3) is 0 Å². The lowest BCUT2D eigenvalue weighted by Crippen LogP contribution is -2.27. The molecular formula is C14H18BrNO2. The van der Waals surface area contributed by atoms with E-state index in [-0.39, 0.29) is 5.75 Å². The number of ether oxygens (including phenoxy) is 1. The van der Waals surface area contributed by atoms with Gasteiger partial charge in [0.2, 0.25) is 0 Å². The first kappa shape index (κ1) is 14.9. The summed E-state index contributed by atoms with van der Waals surface area (Å²) in [6.07, 6.45) is 7.01. The summed E-state index contributed by atoms with van der Waals surface area (Å²) >= 11 is 3.30. The summed E-state index contributed by atoms with van der Waals surface area (Å²) in [5, 5.41) is 13.1. The highest BCUT2D eigenvalue weighted by Crippen LogP contribution is 2.35. The Morgan fingerprint density at radius 1 is 1.56 bits per heavy atom. The topological polar surface area (TPSA) is 41.5 Å². The molecule has 0 saturated heterocycles. The second kappa shape index (κ2) is 7.30. The van der Waals surface area contributed by atoms with Crippen LogP contribution in [0, 0.1) is 12.3 Å². The molecule has 1 unspecified atom stereocenters. The largest absolute Gasteiger partial charge is 0.503 e. The first-order chi connectivity index (χ1) is 8.62. The van der Waals surface area contributed by atoms with Crippen LogP contribution >= 0.6 is 15.9 Å². The van der Waals surface area contributed by atoms with Crippen LogP contribution in [0.5, 0.6) is 11.5 Å². The van der Waals surface area contributed by atoms with Crippen molar-refractivity contribution in [3.8, 4) is 23.8 Å². The summed E-state index contributed by atoms with van der Waals surface area (Å²) in [6, 6.07) is 4.00. The highest BCUT2D eigenvalue weighted by Gasteiger charge is 2.10. The maximum absolute atomic E-state index is 9.71. The molecule has 1 atom stereocenters. The number of nitrogens with one attached hydrogen (secondary N) is 1. The van der Waals surface area contributed by atoms with E-state index in [0.717, 1.165) is 12.0 Å². The van der Waals surface area contributed by atoms with Gasteiger partial charge >= 0.3 is 0 Å². The van der Waals surface area contributed by atoms with Crippen molar-refractivity contribution >= 4 is 15.9 Å². The molecule has 0 radical (unpaired) electrons. The van der Waals surface area contributed by atoms with Gasteiger partial charge in [0.15, 0.2) is 11.5 Å². The van der Waals surface area contributed by atoms with Gasteiger partial charge in [-0.2, -0.15) is 0 Å². The molecule has 0 saturated carbocycles. The molecular weight excluding hydrogens is 294 g/mol. The Balaban J connectivity index is 2.73. The minimum Gasteiger partial charge on any atom is -0.503 e. The summed E-state index contributed by atoms with van der Waals surface area (Å²) in [6.45, 7) is 2.79. The lowest BCUT2D eigenvalue weighted by Gasteiger charge is -2.15. The van der Waals surface area contributed by atoms with Crippen LogP contribution in [0.15, 0.2) is 16.6 Å². The third-order valence-corrected chi connectivity index (χ3v) is 3.36. The van der Waals surface area contributed by atoms with Crippen LogP contribution in [0.3, 0.4) is 0 Å². The number of terminal acetylenes is 1. The van der Waals surface area contributed by atoms with Gasteiger partial charge in [0.1, 0.15) is 0 Å². The van der Waals surface area contributed by atoms with Crippen LogP contribution in [0.4, 0.5) is 0 Å². The average Bonchev–Trinajstić information content (AvgIpc) is 2.38. The number of phenols is 1. The van der Waals surface area contributed by atoms with Crippen molar-refractivity contribution in [2.45, 2.75) is 32.4 Å². The Hall–Kier alpha value is -1.18. The zero-order valence-corrected chi connectivity index (χ0v) is 12.3. The fourth-order valence-corrected chi connectivity index (χ4v) is 2.14. The van der Waals surface area contributed by atoms with Crippen LogP contribution < -0.4 is 10.1 Å². The van der Waals surface area contributed by atoms with Crippen molar-refractivity contribution in [1.29, 1.82) is 0 Å². The number of methoxy groups -OCH3 is 1. The van der Waals surface area contributed by atoms with Gasteiger partial charge < -0.3 is 15.2 Å². The van der Waals surface area contributed by atoms with E-state index in [9.17, 15) is 5.11 Å². The van der Waals surface area contributed by atoms with E-state index in [1.54, 1.807) is 0 Å². The first-order valence-electron chi connectivity index (χ1n) is 5.84. The van der Waals surface area contributed by atoms with Gasteiger partial charge in [-0.05, 0) is 40.0 Å². The lowest BCUT2D eigenvalue weighted by molar-refractivity contribution is 0.371. The quantitative estimate of drug-likeness (QED) is 0.793. The summed E-state index contributed by atoms with van der Waals surface area (Å²) in [4.78, 5) is 0. The Labute approximate surface area is 117 Å². The third kappa shape index (κ3) is 3.94. The minimum atomic E-state index is 0.122. The van der Waals surface area contributed by atoms with Gasteiger partial charge in [-0.1, -0.05) is 6.92 Å². The number of phenolic OH excluding ortho intramolecular Hbond substituents is 1. The van der Waals surface area contributed by atoms with Gasteiger partial charge in [-0.25, -0.2) is 0 Å². The van der Waals surface area contributed by atoms with Crippen molar-refractivity contribution < 1.29 is 9.84 Å². The van der Waals surface area contributed by atoms with E-state index >= 15 is 0 Å². The molecule has 0 aliphatic heterocycles. The smallest absolute Gasteiger partial charge is 0.172 e. The molecule has 0 aliphatic carbocycles. The van der Waals surface area contributed by atoms with Gasteiger partial charge in [0, 0.05) is 19.0 Å². The molecule has 0 fully saturated rings. The van der Waals surface area contributed by atoms with Crippen molar-refractivity contribution in [1.82, 2.24) is 5.32 Å². The highest BCUT2D eigenvalue weighted by molar-refractivity contribution is 9.10. The molecule has 1 aromatic rings. The minimum absolute atomic E-state index is 0.122. The highest BCUT2D eigenvalue weighted by atomic mass is 79.9. The van der Waals surface area contributed by atoms with Gasteiger partial charge in [0.05, 0.1) is 11.6 Å². The van der Waals surface area contributed by atoms with Gasteiger partial charge in [-0.15, -0.1) is 12.3 Å². The number of rotatable bonds is 6. The van der Waals surface area contributed by atoms with E-state index in [0.29, 0.717) is 29.2 Å². The molecule has 2 N–H and O–H groups in total. The zero-order chi connectivity index (χ0) is 13.5. The molecule has 0 spiro atoms. The van der Waals surface area contributed by atoms with Crippen LogP contribution in [-0.4, -0.2) is 18.3 Å². The molecule has 0 heterocycles. The summed E-state index contributed by atoms with van der Waals surface area (Å²) < 4.78 is 5.74. The van der Waals surface area contributed by atoms with E-state index < -0.39 is 0 Å². The van der Waals surface area contributed by atoms with Crippen LogP contribution in [0.2, 0.25) is 0 Å². The molecule has 0 aromatic heterocycles. The fraction of sp³-hybridized carbons (Fsp3) is 0.429. The zero-order valence-electron chi connectivity index (χ0n) is 10.7. The SMILES string of the molecule is C#CCC(CC)NCc1cc(Br)c(O)c(OC)c1. The number of hydrogen-bond acceptors (Lipinski definition) is 3. The molecule has 0 amide bonds. The molecule has 3 nitrogen and oxygen atoms in total. The Kier molecular flexibility index (Phi) is 6.03. The number of halogens is 1.